The van der Waals surface area contributed by atoms with Gasteiger partial charge < -0.3 is 14.4 Å². The number of carbonyl (C=O) groups is 3. The molecule has 2 aliphatic rings. The van der Waals surface area contributed by atoms with E-state index >= 15 is 0 Å². The zero-order chi connectivity index (χ0) is 25.9. The van der Waals surface area contributed by atoms with Gasteiger partial charge in [0.2, 0.25) is 5.91 Å². The number of anilines is 1. The minimum absolute atomic E-state index is 0.0550. The van der Waals surface area contributed by atoms with Crippen LogP contribution in [-0.2, 0) is 9.59 Å². The predicted molar refractivity (Wildman–Crippen MR) is 140 cm³/mol. The van der Waals surface area contributed by atoms with Crippen LogP contribution in [0.2, 0.25) is 0 Å². The number of aromatic nitrogens is 1. The molecule has 0 atom stereocenters. The van der Waals surface area contributed by atoms with Crippen LogP contribution in [0.3, 0.4) is 0 Å². The number of amides is 3. The summed E-state index contributed by atoms with van der Waals surface area (Å²) in [6, 6.07) is 19.6. The van der Waals surface area contributed by atoms with Crippen LogP contribution in [0.15, 0.2) is 77.8 Å². The molecule has 0 aliphatic carbocycles. The fourth-order valence-corrected chi connectivity index (χ4v) is 5.18. The topological polar surface area (TPSA) is 109 Å². The van der Waals surface area contributed by atoms with E-state index in [1.54, 1.807) is 46.0 Å². The molecule has 0 unspecified atom stereocenters. The molecule has 3 amide bonds. The smallest absolute Gasteiger partial charge is 0.294 e. The number of nitrogens with zero attached hydrogens (tertiary/aromatic N) is 5. The SMILES string of the molecule is O=C(CN1C(=O)S/C(=C\c2cccn2-c2cccc([N+](=O)[O-])c2)C1=O)N1CCN(c2ccccc2)CC1. The van der Waals surface area contributed by atoms with Crippen LogP contribution in [0.4, 0.5) is 16.2 Å². The molecule has 2 aliphatic heterocycles. The average molecular weight is 518 g/mol. The average Bonchev–Trinajstić information content (AvgIpc) is 3.49. The van der Waals surface area contributed by atoms with Gasteiger partial charge in [-0.05, 0) is 48.2 Å². The first-order valence-corrected chi connectivity index (χ1v) is 12.5. The number of para-hydroxylation sites is 1. The van der Waals surface area contributed by atoms with E-state index in [1.165, 1.54) is 12.1 Å². The summed E-state index contributed by atoms with van der Waals surface area (Å²) in [4.78, 5) is 54.3. The van der Waals surface area contributed by atoms with Crippen LogP contribution in [0.25, 0.3) is 11.8 Å². The largest absolute Gasteiger partial charge is 0.368 e. The van der Waals surface area contributed by atoms with Crippen LogP contribution in [-0.4, -0.2) is 69.1 Å². The third-order valence-corrected chi connectivity index (χ3v) is 7.21. The number of thioether (sulfide) groups is 1. The lowest BCUT2D eigenvalue weighted by Gasteiger charge is -2.36. The van der Waals surface area contributed by atoms with Gasteiger partial charge in [0.05, 0.1) is 15.5 Å². The van der Waals surface area contributed by atoms with Crippen molar-refractivity contribution in [2.24, 2.45) is 0 Å². The second-order valence-corrected chi connectivity index (χ2v) is 9.54. The Morgan fingerprint density at radius 1 is 0.946 bits per heavy atom. The summed E-state index contributed by atoms with van der Waals surface area (Å²) in [5.41, 5.74) is 2.17. The first kappa shape index (κ1) is 24.3. The van der Waals surface area contributed by atoms with E-state index < -0.39 is 16.1 Å². The van der Waals surface area contributed by atoms with Gasteiger partial charge in [-0.25, -0.2) is 0 Å². The van der Waals surface area contributed by atoms with Crippen molar-refractivity contribution in [3.63, 3.8) is 0 Å². The molecular weight excluding hydrogens is 494 g/mol. The van der Waals surface area contributed by atoms with E-state index in [2.05, 4.69) is 4.90 Å². The molecule has 3 aromatic rings. The second-order valence-electron chi connectivity index (χ2n) is 8.55. The van der Waals surface area contributed by atoms with Crippen LogP contribution in [0.5, 0.6) is 0 Å². The normalized spacial score (nSPS) is 17.1. The number of hydrogen-bond donors (Lipinski definition) is 0. The van der Waals surface area contributed by atoms with Crippen LogP contribution >= 0.6 is 11.8 Å². The highest BCUT2D eigenvalue weighted by Gasteiger charge is 2.37. The molecule has 0 bridgehead atoms. The Labute approximate surface area is 216 Å². The Balaban J connectivity index is 1.25. The van der Waals surface area contributed by atoms with Crippen molar-refractivity contribution in [1.82, 2.24) is 14.4 Å². The van der Waals surface area contributed by atoms with E-state index in [1.807, 2.05) is 30.3 Å². The van der Waals surface area contributed by atoms with Crippen molar-refractivity contribution in [3.05, 3.63) is 93.6 Å². The van der Waals surface area contributed by atoms with Crippen molar-refractivity contribution in [3.8, 4) is 5.69 Å². The molecule has 1 aromatic heterocycles. The maximum absolute atomic E-state index is 13.0. The standard InChI is InChI=1S/C26H23N5O5S/c32-24(28-14-12-27(13-15-28)19-6-2-1-3-7-19)18-30-25(33)23(37-26(30)34)17-21-10-5-11-29(21)20-8-4-9-22(16-20)31(35)36/h1-11,16-17H,12-15,18H2/b23-17-. The summed E-state index contributed by atoms with van der Waals surface area (Å²) in [5.74, 6) is -0.797. The molecule has 2 saturated heterocycles. The van der Waals surface area contributed by atoms with Crippen molar-refractivity contribution in [2.45, 2.75) is 0 Å². The molecule has 188 valence electrons. The number of piperazine rings is 1. The minimum Gasteiger partial charge on any atom is -0.368 e. The number of rotatable bonds is 6. The Morgan fingerprint density at radius 2 is 1.68 bits per heavy atom. The first-order valence-electron chi connectivity index (χ1n) is 11.7. The lowest BCUT2D eigenvalue weighted by Crippen LogP contribution is -2.51. The van der Waals surface area contributed by atoms with Gasteiger partial charge in [0, 0.05) is 55.9 Å². The fraction of sp³-hybridized carbons (Fsp3) is 0.192. The molecule has 2 fully saturated rings. The highest BCUT2D eigenvalue weighted by atomic mass is 32.2. The maximum atomic E-state index is 13.0. The number of non-ortho nitro benzene ring substituents is 1. The number of hydrogen-bond acceptors (Lipinski definition) is 7. The number of nitro benzene ring substituents is 1. The summed E-state index contributed by atoms with van der Waals surface area (Å²) in [5, 5.41) is 10.6. The summed E-state index contributed by atoms with van der Waals surface area (Å²) < 4.78 is 1.69. The van der Waals surface area contributed by atoms with E-state index in [9.17, 15) is 24.5 Å². The molecular formula is C26H23N5O5S. The van der Waals surface area contributed by atoms with Crippen molar-refractivity contribution < 1.29 is 19.3 Å². The number of imide groups is 1. The Hall–Kier alpha value is -4.38. The Morgan fingerprint density at radius 3 is 2.41 bits per heavy atom. The third kappa shape index (κ3) is 5.12. The highest BCUT2D eigenvalue weighted by molar-refractivity contribution is 8.18. The third-order valence-electron chi connectivity index (χ3n) is 6.30. The molecule has 37 heavy (non-hydrogen) atoms. The van der Waals surface area contributed by atoms with Gasteiger partial charge in [-0.15, -0.1) is 0 Å². The van der Waals surface area contributed by atoms with Crippen LogP contribution < -0.4 is 4.90 Å². The lowest BCUT2D eigenvalue weighted by molar-refractivity contribution is -0.384. The van der Waals surface area contributed by atoms with Crippen LogP contribution in [0, 0.1) is 10.1 Å². The molecule has 5 rings (SSSR count). The molecule has 3 heterocycles. The van der Waals surface area contributed by atoms with E-state index in [4.69, 9.17) is 0 Å². The van der Waals surface area contributed by atoms with Crippen molar-refractivity contribution >= 4 is 46.3 Å². The molecule has 10 nitrogen and oxygen atoms in total. The maximum Gasteiger partial charge on any atom is 0.294 e. The first-order chi connectivity index (χ1) is 17.9. The minimum atomic E-state index is -0.530. The van der Waals surface area contributed by atoms with Crippen molar-refractivity contribution in [1.29, 1.82) is 0 Å². The van der Waals surface area contributed by atoms with Gasteiger partial charge in [0.25, 0.3) is 16.8 Å². The van der Waals surface area contributed by atoms with Crippen molar-refractivity contribution in [2.75, 3.05) is 37.6 Å². The number of benzene rings is 2. The van der Waals surface area contributed by atoms with E-state index in [0.717, 1.165) is 22.3 Å². The van der Waals surface area contributed by atoms with Gasteiger partial charge in [-0.1, -0.05) is 24.3 Å². The number of carbonyl (C=O) groups excluding carboxylic acids is 3. The van der Waals surface area contributed by atoms with E-state index in [0.29, 0.717) is 37.6 Å². The molecule has 0 radical (unpaired) electrons. The molecule has 11 heteroatoms. The molecule has 2 aromatic carbocycles. The number of nitro groups is 1. The Kier molecular flexibility index (Phi) is 6.78. The molecule has 0 saturated carbocycles. The summed E-state index contributed by atoms with van der Waals surface area (Å²) in [6.45, 7) is 2.06. The van der Waals surface area contributed by atoms with Gasteiger partial charge in [0.15, 0.2) is 0 Å². The fourth-order valence-electron chi connectivity index (χ4n) is 4.36. The van der Waals surface area contributed by atoms with Gasteiger partial charge in [0.1, 0.15) is 6.54 Å². The molecule has 0 N–H and O–H groups in total. The van der Waals surface area contributed by atoms with Crippen LogP contribution in [0.1, 0.15) is 5.69 Å². The highest BCUT2D eigenvalue weighted by Crippen LogP contribution is 2.33. The lowest BCUT2D eigenvalue weighted by atomic mass is 10.2. The predicted octanol–water partition coefficient (Wildman–Crippen LogP) is 3.77. The summed E-state index contributed by atoms with van der Waals surface area (Å²) in [6.07, 6.45) is 3.28. The zero-order valence-corrected chi connectivity index (χ0v) is 20.5. The quantitative estimate of drug-likeness (QED) is 0.278. The monoisotopic (exact) mass is 517 g/mol. The summed E-state index contributed by atoms with van der Waals surface area (Å²) >= 11 is 0.776. The van der Waals surface area contributed by atoms with E-state index in [-0.39, 0.29) is 23.0 Å². The van der Waals surface area contributed by atoms with Gasteiger partial charge in [-0.2, -0.15) is 0 Å². The Bertz CT molecular complexity index is 1400. The second kappa shape index (κ2) is 10.3. The summed E-state index contributed by atoms with van der Waals surface area (Å²) in [7, 11) is 0. The van der Waals surface area contributed by atoms with Gasteiger partial charge in [-0.3, -0.25) is 29.4 Å². The molecule has 0 spiro atoms. The zero-order valence-electron chi connectivity index (χ0n) is 19.7. The van der Waals surface area contributed by atoms with Gasteiger partial charge >= 0.3 is 0 Å².